The molecule has 0 aliphatic heterocycles. The van der Waals surface area contributed by atoms with Crippen LogP contribution in [0.2, 0.25) is 0 Å². The maximum Gasteiger partial charge on any atom is 0.220 e. The lowest BCUT2D eigenvalue weighted by Gasteiger charge is -2.41. The molecule has 2 heteroatoms. The van der Waals surface area contributed by atoms with Crippen molar-refractivity contribution in [2.45, 2.75) is 58.3 Å². The topological polar surface area (TPSA) is 43.1 Å². The van der Waals surface area contributed by atoms with E-state index in [9.17, 15) is 4.79 Å². The zero-order valence-electron chi connectivity index (χ0n) is 10.5. The highest BCUT2D eigenvalue weighted by Crippen LogP contribution is 2.45. The molecule has 0 bridgehead atoms. The molecular formula is C14H25NO. The molecule has 2 aliphatic carbocycles. The average Bonchev–Trinajstić information content (AvgIpc) is 2.28. The molecule has 0 aromatic carbocycles. The fourth-order valence-corrected chi connectivity index (χ4v) is 3.92. The van der Waals surface area contributed by atoms with Gasteiger partial charge in [-0.1, -0.05) is 26.2 Å². The lowest BCUT2D eigenvalue weighted by molar-refractivity contribution is -0.124. The summed E-state index contributed by atoms with van der Waals surface area (Å²) in [5.41, 5.74) is 5.43. The number of fused-ring (bicyclic) bond motifs is 1. The Bertz CT molecular complexity index is 251. The zero-order chi connectivity index (χ0) is 11.5. The summed E-state index contributed by atoms with van der Waals surface area (Å²) in [6, 6.07) is 0. The van der Waals surface area contributed by atoms with E-state index in [-0.39, 0.29) is 11.8 Å². The van der Waals surface area contributed by atoms with Crippen molar-refractivity contribution >= 4 is 5.91 Å². The van der Waals surface area contributed by atoms with Crippen LogP contribution in [0.4, 0.5) is 0 Å². The molecule has 0 saturated heterocycles. The van der Waals surface area contributed by atoms with Gasteiger partial charge in [0.1, 0.15) is 0 Å². The van der Waals surface area contributed by atoms with Crippen molar-refractivity contribution in [3.8, 4) is 0 Å². The average molecular weight is 223 g/mol. The minimum Gasteiger partial charge on any atom is -0.369 e. The van der Waals surface area contributed by atoms with Gasteiger partial charge in [-0.2, -0.15) is 0 Å². The standard InChI is InChI=1S/C14H25NO/c1-2-3-10-4-5-12-9-13(14(15)16)7-6-11(12)8-10/h10-13H,2-9H2,1H3,(H2,15,16)/t10?,11-,12?,13-/m1/s1. The molecule has 2 N–H and O–H groups in total. The molecule has 1 amide bonds. The number of rotatable bonds is 3. The maximum absolute atomic E-state index is 11.2. The highest BCUT2D eigenvalue weighted by molar-refractivity contribution is 5.76. The van der Waals surface area contributed by atoms with Crippen LogP contribution in [-0.4, -0.2) is 5.91 Å². The van der Waals surface area contributed by atoms with Gasteiger partial charge in [-0.3, -0.25) is 4.79 Å². The first kappa shape index (κ1) is 11.9. The summed E-state index contributed by atoms with van der Waals surface area (Å²) in [4.78, 5) is 11.2. The molecule has 0 radical (unpaired) electrons. The number of hydrogen-bond donors (Lipinski definition) is 1. The molecule has 0 heterocycles. The molecule has 0 aromatic rings. The first-order valence-corrected chi connectivity index (χ1v) is 7.00. The third-order valence-electron chi connectivity index (χ3n) is 4.82. The highest BCUT2D eigenvalue weighted by atomic mass is 16.1. The lowest BCUT2D eigenvalue weighted by atomic mass is 9.64. The minimum atomic E-state index is -0.0610. The van der Waals surface area contributed by atoms with Crippen molar-refractivity contribution in [2.24, 2.45) is 29.4 Å². The third-order valence-corrected chi connectivity index (χ3v) is 4.82. The second-order valence-electron chi connectivity index (χ2n) is 5.90. The SMILES string of the molecule is CCCC1CCC2C[C@H](C(N)=O)CC[C@@H]2C1. The van der Waals surface area contributed by atoms with Crippen molar-refractivity contribution in [3.05, 3.63) is 0 Å². The van der Waals surface area contributed by atoms with E-state index < -0.39 is 0 Å². The van der Waals surface area contributed by atoms with Crippen LogP contribution in [0.15, 0.2) is 0 Å². The number of carbonyl (C=O) groups is 1. The lowest BCUT2D eigenvalue weighted by Crippen LogP contribution is -2.36. The quantitative estimate of drug-likeness (QED) is 0.785. The molecule has 2 aliphatic rings. The molecular weight excluding hydrogens is 198 g/mol. The molecule has 2 fully saturated rings. The second kappa shape index (κ2) is 5.20. The van der Waals surface area contributed by atoms with Crippen LogP contribution in [0.5, 0.6) is 0 Å². The number of carbonyl (C=O) groups excluding carboxylic acids is 1. The minimum absolute atomic E-state index is 0.0610. The summed E-state index contributed by atoms with van der Waals surface area (Å²) >= 11 is 0. The Hall–Kier alpha value is -0.530. The molecule has 2 unspecified atom stereocenters. The largest absolute Gasteiger partial charge is 0.369 e. The fourth-order valence-electron chi connectivity index (χ4n) is 3.92. The Kier molecular flexibility index (Phi) is 3.88. The van der Waals surface area contributed by atoms with Gasteiger partial charge < -0.3 is 5.73 Å². The van der Waals surface area contributed by atoms with Gasteiger partial charge in [-0.15, -0.1) is 0 Å². The van der Waals surface area contributed by atoms with Crippen molar-refractivity contribution in [3.63, 3.8) is 0 Å². The summed E-state index contributed by atoms with van der Waals surface area (Å²) in [7, 11) is 0. The number of hydrogen-bond acceptors (Lipinski definition) is 1. The van der Waals surface area contributed by atoms with Crippen molar-refractivity contribution in [2.75, 3.05) is 0 Å². The Balaban J connectivity index is 1.87. The molecule has 4 atom stereocenters. The van der Waals surface area contributed by atoms with E-state index in [1.165, 1.54) is 38.5 Å². The smallest absolute Gasteiger partial charge is 0.220 e. The van der Waals surface area contributed by atoms with Crippen LogP contribution in [-0.2, 0) is 4.79 Å². The first-order valence-electron chi connectivity index (χ1n) is 7.00. The first-order chi connectivity index (χ1) is 7.70. The zero-order valence-corrected chi connectivity index (χ0v) is 10.5. The van der Waals surface area contributed by atoms with Crippen molar-refractivity contribution < 1.29 is 4.79 Å². The molecule has 92 valence electrons. The summed E-state index contributed by atoms with van der Waals surface area (Å²) in [5, 5.41) is 0. The van der Waals surface area contributed by atoms with Gasteiger partial charge in [0, 0.05) is 5.92 Å². The van der Waals surface area contributed by atoms with Crippen LogP contribution < -0.4 is 5.73 Å². The summed E-state index contributed by atoms with van der Waals surface area (Å²) in [6.45, 7) is 2.29. The van der Waals surface area contributed by atoms with Gasteiger partial charge >= 0.3 is 0 Å². The Morgan fingerprint density at radius 3 is 2.50 bits per heavy atom. The molecule has 16 heavy (non-hydrogen) atoms. The van der Waals surface area contributed by atoms with Crippen LogP contribution in [0.3, 0.4) is 0 Å². The van der Waals surface area contributed by atoms with E-state index in [0.717, 1.165) is 30.6 Å². The van der Waals surface area contributed by atoms with E-state index in [1.807, 2.05) is 0 Å². The number of primary amides is 1. The van der Waals surface area contributed by atoms with E-state index in [4.69, 9.17) is 5.73 Å². The molecule has 2 rings (SSSR count). The molecule has 0 aromatic heterocycles. The van der Waals surface area contributed by atoms with Crippen molar-refractivity contribution in [1.82, 2.24) is 0 Å². The monoisotopic (exact) mass is 223 g/mol. The van der Waals surface area contributed by atoms with Crippen LogP contribution in [0.1, 0.15) is 58.3 Å². The van der Waals surface area contributed by atoms with Gasteiger partial charge in [-0.05, 0) is 49.9 Å². The van der Waals surface area contributed by atoms with Crippen LogP contribution >= 0.6 is 0 Å². The Morgan fingerprint density at radius 1 is 1.12 bits per heavy atom. The van der Waals surface area contributed by atoms with Gasteiger partial charge in [0.15, 0.2) is 0 Å². The van der Waals surface area contributed by atoms with Gasteiger partial charge in [-0.25, -0.2) is 0 Å². The fraction of sp³-hybridized carbons (Fsp3) is 0.929. The Morgan fingerprint density at radius 2 is 1.81 bits per heavy atom. The van der Waals surface area contributed by atoms with Crippen LogP contribution in [0.25, 0.3) is 0 Å². The van der Waals surface area contributed by atoms with Crippen molar-refractivity contribution in [1.29, 1.82) is 0 Å². The number of amides is 1. The van der Waals surface area contributed by atoms with E-state index >= 15 is 0 Å². The second-order valence-corrected chi connectivity index (χ2v) is 5.90. The van der Waals surface area contributed by atoms with Gasteiger partial charge in [0.25, 0.3) is 0 Å². The van der Waals surface area contributed by atoms with Crippen LogP contribution in [0, 0.1) is 23.7 Å². The molecule has 2 nitrogen and oxygen atoms in total. The predicted octanol–water partition coefficient (Wildman–Crippen LogP) is 3.10. The number of nitrogens with two attached hydrogens (primary N) is 1. The Labute approximate surface area is 99.0 Å². The highest BCUT2D eigenvalue weighted by Gasteiger charge is 2.36. The van der Waals surface area contributed by atoms with E-state index in [2.05, 4.69) is 6.92 Å². The normalized spacial score (nSPS) is 39.1. The molecule has 2 saturated carbocycles. The van der Waals surface area contributed by atoms with Gasteiger partial charge in [0.05, 0.1) is 0 Å². The summed E-state index contributed by atoms with van der Waals surface area (Å²) in [6.07, 6.45) is 10.3. The molecule has 0 spiro atoms. The van der Waals surface area contributed by atoms with Gasteiger partial charge in [0.2, 0.25) is 5.91 Å². The van der Waals surface area contributed by atoms with E-state index in [0.29, 0.717) is 0 Å². The third kappa shape index (κ3) is 2.58. The maximum atomic E-state index is 11.2. The predicted molar refractivity (Wildman–Crippen MR) is 65.8 cm³/mol. The summed E-state index contributed by atoms with van der Waals surface area (Å²) < 4.78 is 0. The van der Waals surface area contributed by atoms with E-state index in [1.54, 1.807) is 0 Å². The summed E-state index contributed by atoms with van der Waals surface area (Å²) in [5.74, 6) is 2.80.